The van der Waals surface area contributed by atoms with Crippen molar-refractivity contribution in [3.05, 3.63) is 91.0 Å². The molecule has 0 aliphatic carbocycles. The fourth-order valence-electron chi connectivity index (χ4n) is 3.60. The summed E-state index contributed by atoms with van der Waals surface area (Å²) < 4.78 is 21.3. The molecule has 10 heteroatoms. The van der Waals surface area contributed by atoms with Gasteiger partial charge in [-0.05, 0) is 53.6 Å². The summed E-state index contributed by atoms with van der Waals surface area (Å²) in [6.07, 6.45) is 6.41. The molecule has 2 heterocycles. The highest BCUT2D eigenvalue weighted by atomic mass is 16.7. The lowest BCUT2D eigenvalue weighted by atomic mass is 10.0. The molecule has 0 atom stereocenters. The van der Waals surface area contributed by atoms with Crippen molar-refractivity contribution in [1.82, 2.24) is 0 Å². The molecule has 0 fully saturated rings. The van der Waals surface area contributed by atoms with Crippen molar-refractivity contribution in [2.24, 2.45) is 0 Å². The zero-order valence-corrected chi connectivity index (χ0v) is 17.5. The smallest absolute Gasteiger partial charge is 0.283 e. The normalized spacial score (nSPS) is 13.6. The van der Waals surface area contributed by atoms with Crippen LogP contribution in [0, 0.1) is 20.2 Å². The molecule has 0 aromatic heterocycles. The van der Waals surface area contributed by atoms with Gasteiger partial charge < -0.3 is 18.9 Å². The van der Waals surface area contributed by atoms with Gasteiger partial charge in [0.2, 0.25) is 13.6 Å². The minimum atomic E-state index is -0.641. The maximum Gasteiger partial charge on any atom is 0.283 e. The van der Waals surface area contributed by atoms with E-state index < -0.39 is 9.85 Å². The summed E-state index contributed by atoms with van der Waals surface area (Å²) in [5.74, 6) is 2.39. The Balaban J connectivity index is 1.51. The molecule has 0 radical (unpaired) electrons. The number of hydrogen-bond donors (Lipinski definition) is 0. The van der Waals surface area contributed by atoms with Crippen molar-refractivity contribution < 1.29 is 28.8 Å². The first-order valence-corrected chi connectivity index (χ1v) is 10.1. The van der Waals surface area contributed by atoms with Gasteiger partial charge in [0.15, 0.2) is 23.0 Å². The number of ether oxygens (including phenoxy) is 4. The molecular weight excluding hydrogens is 444 g/mol. The van der Waals surface area contributed by atoms with E-state index in [0.29, 0.717) is 23.0 Å². The lowest BCUT2D eigenvalue weighted by Crippen LogP contribution is -1.98. The van der Waals surface area contributed by atoms with Crippen molar-refractivity contribution in [3.8, 4) is 23.0 Å². The zero-order valence-electron chi connectivity index (χ0n) is 17.5. The van der Waals surface area contributed by atoms with E-state index in [-0.39, 0.29) is 36.1 Å². The van der Waals surface area contributed by atoms with Gasteiger partial charge in [-0.1, -0.05) is 24.3 Å². The molecule has 3 aromatic rings. The van der Waals surface area contributed by atoms with E-state index in [9.17, 15) is 20.2 Å². The Morgan fingerprint density at radius 2 is 1.03 bits per heavy atom. The van der Waals surface area contributed by atoms with Crippen molar-refractivity contribution in [1.29, 1.82) is 0 Å². The van der Waals surface area contributed by atoms with Crippen LogP contribution in [-0.2, 0) is 0 Å². The monoisotopic (exact) mass is 460 g/mol. The number of rotatable bonds is 6. The SMILES string of the molecule is O=[N+]([O-])c1cc([N+](=O)[O-])c(/C=C\c2ccc3c(c2)OCO3)cc1/C=C\c1ccc2c(c1)OCO2. The molecule has 0 saturated heterocycles. The van der Waals surface area contributed by atoms with E-state index in [1.54, 1.807) is 48.6 Å². The van der Waals surface area contributed by atoms with E-state index in [1.807, 2.05) is 0 Å². The van der Waals surface area contributed by atoms with Gasteiger partial charge in [0.25, 0.3) is 11.4 Å². The van der Waals surface area contributed by atoms with Crippen molar-refractivity contribution in [2.45, 2.75) is 0 Å². The van der Waals surface area contributed by atoms with Gasteiger partial charge >= 0.3 is 0 Å². The van der Waals surface area contributed by atoms with Crippen molar-refractivity contribution in [3.63, 3.8) is 0 Å². The van der Waals surface area contributed by atoms with Crippen LogP contribution >= 0.6 is 0 Å². The van der Waals surface area contributed by atoms with Crippen LogP contribution in [0.3, 0.4) is 0 Å². The Morgan fingerprint density at radius 1 is 0.588 bits per heavy atom. The first kappa shape index (κ1) is 21.0. The largest absolute Gasteiger partial charge is 0.454 e. The Hall–Kier alpha value is -4.86. The molecule has 5 rings (SSSR count). The van der Waals surface area contributed by atoms with Crippen LogP contribution in [0.2, 0.25) is 0 Å². The highest BCUT2D eigenvalue weighted by Gasteiger charge is 2.22. The number of hydrogen-bond acceptors (Lipinski definition) is 8. The molecule has 0 amide bonds. The molecule has 0 unspecified atom stereocenters. The van der Waals surface area contributed by atoms with E-state index >= 15 is 0 Å². The minimum absolute atomic E-state index is 0.134. The Labute approximate surface area is 192 Å². The summed E-state index contributed by atoms with van der Waals surface area (Å²) in [5.41, 5.74) is 1.16. The second-order valence-corrected chi connectivity index (χ2v) is 7.38. The molecule has 10 nitrogen and oxygen atoms in total. The Kier molecular flexibility index (Phi) is 5.30. The number of nitro benzene ring substituents is 2. The van der Waals surface area contributed by atoms with E-state index in [2.05, 4.69) is 0 Å². The fourth-order valence-corrected chi connectivity index (χ4v) is 3.60. The van der Waals surface area contributed by atoms with Crippen LogP contribution < -0.4 is 18.9 Å². The topological polar surface area (TPSA) is 123 Å². The summed E-state index contributed by atoms with van der Waals surface area (Å²) in [6.45, 7) is 0.269. The molecule has 0 bridgehead atoms. The van der Waals surface area contributed by atoms with Crippen molar-refractivity contribution in [2.75, 3.05) is 13.6 Å². The van der Waals surface area contributed by atoms with Gasteiger partial charge in [0.05, 0.1) is 27.0 Å². The summed E-state index contributed by atoms with van der Waals surface area (Å²) in [4.78, 5) is 22.0. The van der Waals surface area contributed by atoms with E-state index in [4.69, 9.17) is 18.9 Å². The average Bonchev–Trinajstić information content (AvgIpc) is 3.49. The predicted molar refractivity (Wildman–Crippen MR) is 123 cm³/mol. The van der Waals surface area contributed by atoms with E-state index in [0.717, 1.165) is 17.2 Å². The molecule has 2 aliphatic heterocycles. The van der Waals surface area contributed by atoms with Gasteiger partial charge in [0.1, 0.15) is 0 Å². The summed E-state index contributed by atoms with van der Waals surface area (Å²) in [6, 6.07) is 12.9. The maximum absolute atomic E-state index is 11.6. The lowest BCUT2D eigenvalue weighted by molar-refractivity contribution is -0.394. The van der Waals surface area contributed by atoms with Crippen molar-refractivity contribution >= 4 is 35.7 Å². The highest BCUT2D eigenvalue weighted by Crippen LogP contribution is 2.36. The van der Waals surface area contributed by atoms with Gasteiger partial charge in [-0.2, -0.15) is 0 Å². The second kappa shape index (κ2) is 8.58. The number of nitrogens with zero attached hydrogens (tertiary/aromatic N) is 2. The number of nitro groups is 2. The van der Waals surface area contributed by atoms with Crippen LogP contribution in [-0.4, -0.2) is 23.4 Å². The van der Waals surface area contributed by atoms with Gasteiger partial charge in [-0.3, -0.25) is 20.2 Å². The highest BCUT2D eigenvalue weighted by molar-refractivity contribution is 5.82. The molecule has 2 aliphatic rings. The van der Waals surface area contributed by atoms with Crippen LogP contribution in [0.1, 0.15) is 22.3 Å². The van der Waals surface area contributed by atoms with Crippen LogP contribution in [0.15, 0.2) is 48.5 Å². The molecule has 3 aromatic carbocycles. The third-order valence-electron chi connectivity index (χ3n) is 5.27. The predicted octanol–water partition coefficient (Wildman–Crippen LogP) is 5.30. The molecule has 0 spiro atoms. The average molecular weight is 460 g/mol. The lowest BCUT2D eigenvalue weighted by Gasteiger charge is -2.04. The third-order valence-corrected chi connectivity index (χ3v) is 5.27. The first-order valence-electron chi connectivity index (χ1n) is 10.1. The summed E-state index contributed by atoms with van der Waals surface area (Å²) in [5, 5.41) is 23.3. The van der Waals surface area contributed by atoms with Crippen LogP contribution in [0.5, 0.6) is 23.0 Å². The molecular formula is C24H16N2O8. The van der Waals surface area contributed by atoms with Gasteiger partial charge in [-0.25, -0.2) is 0 Å². The number of fused-ring (bicyclic) bond motifs is 2. The van der Waals surface area contributed by atoms with Gasteiger partial charge in [0, 0.05) is 0 Å². The minimum Gasteiger partial charge on any atom is -0.454 e. The zero-order chi connectivity index (χ0) is 23.7. The van der Waals surface area contributed by atoms with E-state index in [1.165, 1.54) is 18.2 Å². The Bertz CT molecular complexity index is 1280. The summed E-state index contributed by atoms with van der Waals surface area (Å²) in [7, 11) is 0. The standard InChI is InChI=1S/C24H16N2O8/c27-25(28)19-12-20(26(29)30)18(6-2-16-4-8-22-24(10-16)34-14-32-22)11-17(19)5-1-15-3-7-21-23(9-15)33-13-31-21/h1-12H,13-14H2/b5-1-,6-2-. The quantitative estimate of drug-likeness (QED) is 0.276. The number of benzene rings is 3. The summed E-state index contributed by atoms with van der Waals surface area (Å²) >= 11 is 0. The second-order valence-electron chi connectivity index (χ2n) is 7.38. The molecule has 0 N–H and O–H groups in total. The first-order chi connectivity index (χ1) is 16.5. The van der Waals surface area contributed by atoms with Crippen LogP contribution in [0.4, 0.5) is 11.4 Å². The Morgan fingerprint density at radius 3 is 1.47 bits per heavy atom. The molecule has 0 saturated carbocycles. The van der Waals surface area contributed by atoms with Crippen LogP contribution in [0.25, 0.3) is 24.3 Å². The third kappa shape index (κ3) is 4.11. The maximum atomic E-state index is 11.6. The van der Waals surface area contributed by atoms with Gasteiger partial charge in [-0.15, -0.1) is 0 Å². The molecule has 34 heavy (non-hydrogen) atoms. The molecule has 170 valence electrons. The fraction of sp³-hybridized carbons (Fsp3) is 0.0833.